The third kappa shape index (κ3) is 6.46. The lowest BCUT2D eigenvalue weighted by Gasteiger charge is -2.16. The van der Waals surface area contributed by atoms with Gasteiger partial charge in [0.05, 0.1) is 13.0 Å². The van der Waals surface area contributed by atoms with Crippen LogP contribution in [-0.4, -0.2) is 36.7 Å². The number of nitrogens with zero attached hydrogens (tertiary/aromatic N) is 1. The number of carbonyl (C=O) groups is 2. The zero-order chi connectivity index (χ0) is 18.4. The SMILES string of the molecule is CN(CC(=O)Nc1ccc(OC(F)(F)F)cc1)C(=O)Cc1cccs1. The van der Waals surface area contributed by atoms with Gasteiger partial charge < -0.3 is 15.0 Å². The van der Waals surface area contributed by atoms with Crippen molar-refractivity contribution in [3.05, 3.63) is 46.7 Å². The minimum Gasteiger partial charge on any atom is -0.406 e. The molecule has 0 saturated carbocycles. The molecule has 9 heteroatoms. The van der Waals surface area contributed by atoms with E-state index >= 15 is 0 Å². The van der Waals surface area contributed by atoms with Gasteiger partial charge in [-0.3, -0.25) is 9.59 Å². The van der Waals surface area contributed by atoms with Crippen molar-refractivity contribution in [2.45, 2.75) is 12.8 Å². The lowest BCUT2D eigenvalue weighted by Crippen LogP contribution is -2.35. The summed E-state index contributed by atoms with van der Waals surface area (Å²) in [7, 11) is 1.51. The summed E-state index contributed by atoms with van der Waals surface area (Å²) in [5.74, 6) is -1.04. The van der Waals surface area contributed by atoms with Crippen LogP contribution in [0, 0.1) is 0 Å². The normalized spacial score (nSPS) is 11.0. The summed E-state index contributed by atoms with van der Waals surface area (Å²) in [5.41, 5.74) is 0.304. The largest absolute Gasteiger partial charge is 0.573 e. The molecule has 5 nitrogen and oxygen atoms in total. The molecule has 2 aromatic rings. The first kappa shape index (κ1) is 18.8. The summed E-state index contributed by atoms with van der Waals surface area (Å²) in [4.78, 5) is 26.1. The highest BCUT2D eigenvalue weighted by Gasteiger charge is 2.30. The van der Waals surface area contributed by atoms with Crippen molar-refractivity contribution < 1.29 is 27.5 Å². The molecule has 0 aliphatic rings. The average molecular weight is 372 g/mol. The molecule has 0 radical (unpaired) electrons. The second-order valence-corrected chi connectivity index (χ2v) is 6.16. The highest BCUT2D eigenvalue weighted by molar-refractivity contribution is 7.10. The molecule has 2 amide bonds. The van der Waals surface area contributed by atoms with Crippen LogP contribution in [0.25, 0.3) is 0 Å². The molecule has 0 bridgehead atoms. The Balaban J connectivity index is 1.84. The van der Waals surface area contributed by atoms with E-state index in [0.717, 1.165) is 17.0 Å². The molecule has 1 aromatic heterocycles. The first-order chi connectivity index (χ1) is 11.7. The Kier molecular flexibility index (Phi) is 6.02. The van der Waals surface area contributed by atoms with Crippen LogP contribution in [0.4, 0.5) is 18.9 Å². The third-order valence-electron chi connectivity index (χ3n) is 3.08. The minimum absolute atomic E-state index is 0.162. The third-order valence-corrected chi connectivity index (χ3v) is 3.96. The highest BCUT2D eigenvalue weighted by atomic mass is 32.1. The Bertz CT molecular complexity index is 715. The number of likely N-dealkylation sites (N-methyl/N-ethyl adjacent to an activating group) is 1. The average Bonchev–Trinajstić information content (AvgIpc) is 3.00. The smallest absolute Gasteiger partial charge is 0.406 e. The topological polar surface area (TPSA) is 58.6 Å². The monoisotopic (exact) mass is 372 g/mol. The van der Waals surface area contributed by atoms with Gasteiger partial charge in [0.1, 0.15) is 5.75 Å². The van der Waals surface area contributed by atoms with Crippen LogP contribution in [0.3, 0.4) is 0 Å². The van der Waals surface area contributed by atoms with Gasteiger partial charge in [0.25, 0.3) is 0 Å². The van der Waals surface area contributed by atoms with Crippen molar-refractivity contribution >= 4 is 28.8 Å². The van der Waals surface area contributed by atoms with Crippen LogP contribution in [0.1, 0.15) is 4.88 Å². The summed E-state index contributed by atoms with van der Waals surface area (Å²) in [6.07, 6.45) is -4.55. The molecule has 2 rings (SSSR count). The van der Waals surface area contributed by atoms with E-state index in [0.29, 0.717) is 5.69 Å². The number of ether oxygens (including phenoxy) is 1. The summed E-state index contributed by atoms with van der Waals surface area (Å²) >= 11 is 1.46. The number of thiophene rings is 1. The predicted octanol–water partition coefficient (Wildman–Crippen LogP) is 3.29. The molecule has 0 fully saturated rings. The van der Waals surface area contributed by atoms with Gasteiger partial charge in [-0.05, 0) is 35.7 Å². The van der Waals surface area contributed by atoms with E-state index in [1.807, 2.05) is 17.5 Å². The number of nitrogens with one attached hydrogen (secondary N) is 1. The van der Waals surface area contributed by atoms with E-state index in [1.54, 1.807) is 0 Å². The van der Waals surface area contributed by atoms with Gasteiger partial charge in [0.15, 0.2) is 0 Å². The molecule has 0 aliphatic carbocycles. The highest BCUT2D eigenvalue weighted by Crippen LogP contribution is 2.23. The Hall–Kier alpha value is -2.55. The molecule has 0 atom stereocenters. The molecule has 0 spiro atoms. The van der Waals surface area contributed by atoms with Crippen LogP contribution in [0.15, 0.2) is 41.8 Å². The number of benzene rings is 1. The molecule has 1 heterocycles. The molecular weight excluding hydrogens is 357 g/mol. The van der Waals surface area contributed by atoms with Gasteiger partial charge in [-0.1, -0.05) is 6.07 Å². The van der Waals surface area contributed by atoms with Crippen molar-refractivity contribution in [2.75, 3.05) is 18.9 Å². The maximum absolute atomic E-state index is 12.1. The molecule has 0 unspecified atom stereocenters. The van der Waals surface area contributed by atoms with Crippen LogP contribution >= 0.6 is 11.3 Å². The standard InChI is InChI=1S/C16H15F3N2O3S/c1-21(15(23)9-13-3-2-8-25-13)10-14(22)20-11-4-6-12(7-5-11)24-16(17,18)19/h2-8H,9-10H2,1H3,(H,20,22). The number of hydrogen-bond donors (Lipinski definition) is 1. The lowest BCUT2D eigenvalue weighted by atomic mass is 10.3. The number of hydrogen-bond acceptors (Lipinski definition) is 4. The van der Waals surface area contributed by atoms with E-state index in [4.69, 9.17) is 0 Å². The summed E-state index contributed by atoms with van der Waals surface area (Å²) in [5, 5.41) is 4.37. The fourth-order valence-corrected chi connectivity index (χ4v) is 2.64. The quantitative estimate of drug-likeness (QED) is 0.847. The Morgan fingerprint density at radius 2 is 1.88 bits per heavy atom. The Labute approximate surface area is 146 Å². The van der Waals surface area contributed by atoms with Crippen LogP contribution < -0.4 is 10.1 Å². The van der Waals surface area contributed by atoms with E-state index < -0.39 is 12.3 Å². The van der Waals surface area contributed by atoms with Crippen LogP contribution in [-0.2, 0) is 16.0 Å². The van der Waals surface area contributed by atoms with Gasteiger partial charge in [-0.2, -0.15) is 0 Å². The van der Waals surface area contributed by atoms with Crippen molar-refractivity contribution in [3.63, 3.8) is 0 Å². The van der Waals surface area contributed by atoms with E-state index in [-0.39, 0.29) is 24.6 Å². The maximum atomic E-state index is 12.1. The zero-order valence-corrected chi connectivity index (χ0v) is 14.0. The number of amides is 2. The summed E-state index contributed by atoms with van der Waals surface area (Å²) in [6.45, 7) is -0.162. The summed E-state index contributed by atoms with van der Waals surface area (Å²) < 4.78 is 40.0. The zero-order valence-electron chi connectivity index (χ0n) is 13.2. The molecule has 0 aliphatic heterocycles. The van der Waals surface area contributed by atoms with Gasteiger partial charge in [-0.25, -0.2) is 0 Å². The predicted molar refractivity (Wildman–Crippen MR) is 87.4 cm³/mol. The minimum atomic E-state index is -4.77. The Morgan fingerprint density at radius 3 is 2.44 bits per heavy atom. The fourth-order valence-electron chi connectivity index (χ4n) is 1.94. The molecule has 1 N–H and O–H groups in total. The van der Waals surface area contributed by atoms with Gasteiger partial charge in [0.2, 0.25) is 11.8 Å². The fraction of sp³-hybridized carbons (Fsp3) is 0.250. The van der Waals surface area contributed by atoms with Crippen molar-refractivity contribution in [3.8, 4) is 5.75 Å². The van der Waals surface area contributed by atoms with Crippen molar-refractivity contribution in [2.24, 2.45) is 0 Å². The number of halogens is 3. The molecule has 1 aromatic carbocycles. The van der Waals surface area contributed by atoms with E-state index in [2.05, 4.69) is 10.1 Å². The van der Waals surface area contributed by atoms with Crippen molar-refractivity contribution in [1.82, 2.24) is 4.90 Å². The van der Waals surface area contributed by atoms with E-state index in [9.17, 15) is 22.8 Å². The van der Waals surface area contributed by atoms with Gasteiger partial charge >= 0.3 is 6.36 Å². The number of anilines is 1. The van der Waals surface area contributed by atoms with Gasteiger partial charge in [0, 0.05) is 17.6 Å². The number of carbonyl (C=O) groups excluding carboxylic acids is 2. The Morgan fingerprint density at radius 1 is 1.20 bits per heavy atom. The lowest BCUT2D eigenvalue weighted by molar-refractivity contribution is -0.274. The van der Waals surface area contributed by atoms with Crippen molar-refractivity contribution in [1.29, 1.82) is 0 Å². The van der Waals surface area contributed by atoms with Gasteiger partial charge in [-0.15, -0.1) is 24.5 Å². The number of rotatable bonds is 6. The van der Waals surface area contributed by atoms with E-state index in [1.165, 1.54) is 35.4 Å². The first-order valence-electron chi connectivity index (χ1n) is 7.15. The second-order valence-electron chi connectivity index (χ2n) is 5.13. The molecule has 0 saturated heterocycles. The molecule has 134 valence electrons. The first-order valence-corrected chi connectivity index (χ1v) is 8.03. The summed E-state index contributed by atoms with van der Waals surface area (Å²) in [6, 6.07) is 8.43. The molecule has 25 heavy (non-hydrogen) atoms. The second kappa shape index (κ2) is 8.02. The van der Waals surface area contributed by atoms with Crippen LogP contribution in [0.2, 0.25) is 0 Å². The number of alkyl halides is 3. The maximum Gasteiger partial charge on any atom is 0.573 e. The molecular formula is C16H15F3N2O3S. The van der Waals surface area contributed by atoms with Crippen LogP contribution in [0.5, 0.6) is 5.75 Å².